The first-order valence-electron chi connectivity index (χ1n) is 7.24. The Morgan fingerprint density at radius 1 is 1.00 bits per heavy atom. The molecule has 2 aromatic carbocycles. The molecule has 0 spiro atoms. The Kier molecular flexibility index (Phi) is 4.39. The average Bonchev–Trinajstić information content (AvgIpc) is 2.93. The molecule has 3 aromatic rings. The van der Waals surface area contributed by atoms with Crippen molar-refractivity contribution >= 4 is 11.3 Å². The minimum atomic E-state index is -0.863. The van der Waals surface area contributed by atoms with Crippen molar-refractivity contribution in [3.63, 3.8) is 0 Å². The van der Waals surface area contributed by atoms with Gasteiger partial charge in [0, 0.05) is 16.0 Å². The van der Waals surface area contributed by atoms with E-state index in [1.807, 2.05) is 38.1 Å². The first kappa shape index (κ1) is 15.6. The number of halogens is 2. The molecule has 0 aliphatic carbocycles. The lowest BCUT2D eigenvalue weighted by Gasteiger charge is -2.03. The molecule has 0 radical (unpaired) electrons. The summed E-state index contributed by atoms with van der Waals surface area (Å²) < 4.78 is 31.9. The minimum Gasteiger partial charge on any atom is -0.494 e. The molecule has 0 saturated carbocycles. The Hall–Kier alpha value is -2.27. The Bertz CT molecular complexity index is 828. The van der Waals surface area contributed by atoms with Gasteiger partial charge in [0.2, 0.25) is 0 Å². The number of ether oxygens (including phenoxy) is 1. The first-order chi connectivity index (χ1) is 11.1. The normalized spacial score (nSPS) is 10.8. The predicted molar refractivity (Wildman–Crippen MR) is 88.8 cm³/mol. The van der Waals surface area contributed by atoms with E-state index in [4.69, 9.17) is 4.74 Å². The van der Waals surface area contributed by atoms with Gasteiger partial charge in [0.15, 0.2) is 11.6 Å². The van der Waals surface area contributed by atoms with Crippen LogP contribution in [0.3, 0.4) is 0 Å². The van der Waals surface area contributed by atoms with Gasteiger partial charge in [0.25, 0.3) is 0 Å². The minimum absolute atomic E-state index is 0.579. The van der Waals surface area contributed by atoms with Crippen LogP contribution in [0.15, 0.2) is 42.5 Å². The van der Waals surface area contributed by atoms with E-state index in [2.05, 4.69) is 4.98 Å². The largest absolute Gasteiger partial charge is 0.494 e. The highest BCUT2D eigenvalue weighted by Gasteiger charge is 2.13. The van der Waals surface area contributed by atoms with Crippen LogP contribution in [-0.4, -0.2) is 11.6 Å². The third-order valence-corrected chi connectivity index (χ3v) is 4.42. The lowest BCUT2D eigenvalue weighted by molar-refractivity contribution is 0.340. The Morgan fingerprint density at radius 3 is 2.35 bits per heavy atom. The van der Waals surface area contributed by atoms with Crippen molar-refractivity contribution in [1.82, 2.24) is 4.98 Å². The first-order valence-corrected chi connectivity index (χ1v) is 8.06. The molecule has 23 heavy (non-hydrogen) atoms. The van der Waals surface area contributed by atoms with Gasteiger partial charge in [0.05, 0.1) is 12.3 Å². The summed E-state index contributed by atoms with van der Waals surface area (Å²) in [5.41, 5.74) is 2.23. The summed E-state index contributed by atoms with van der Waals surface area (Å²) in [6.45, 7) is 4.48. The molecule has 0 atom stereocenters. The summed E-state index contributed by atoms with van der Waals surface area (Å²) in [6.07, 6.45) is 0. The van der Waals surface area contributed by atoms with Crippen LogP contribution < -0.4 is 4.74 Å². The maximum atomic E-state index is 13.4. The number of hydrogen-bond acceptors (Lipinski definition) is 3. The van der Waals surface area contributed by atoms with Crippen LogP contribution in [0.4, 0.5) is 8.78 Å². The average molecular weight is 331 g/mol. The summed E-state index contributed by atoms with van der Waals surface area (Å²) in [7, 11) is 0. The Morgan fingerprint density at radius 2 is 1.70 bits per heavy atom. The fraction of sp³-hybridized carbons (Fsp3) is 0.167. The zero-order chi connectivity index (χ0) is 16.4. The van der Waals surface area contributed by atoms with Crippen molar-refractivity contribution in [2.45, 2.75) is 13.8 Å². The third-order valence-electron chi connectivity index (χ3n) is 3.40. The maximum Gasteiger partial charge on any atom is 0.159 e. The molecule has 2 nitrogen and oxygen atoms in total. The molecule has 0 amide bonds. The molecule has 0 bridgehead atoms. The van der Waals surface area contributed by atoms with E-state index in [1.165, 1.54) is 17.4 Å². The quantitative estimate of drug-likeness (QED) is 0.633. The van der Waals surface area contributed by atoms with Crippen LogP contribution in [0.1, 0.15) is 11.8 Å². The lowest BCUT2D eigenvalue weighted by atomic mass is 10.1. The monoisotopic (exact) mass is 331 g/mol. The zero-order valence-electron chi connectivity index (χ0n) is 12.8. The SMILES string of the molecule is CCOc1ccc(-c2nc(-c3ccc(F)c(F)c3)c(C)s2)cc1. The number of aryl methyl sites for hydroxylation is 1. The van der Waals surface area contributed by atoms with Crippen LogP contribution in [0.2, 0.25) is 0 Å². The molecule has 0 aliphatic heterocycles. The molecule has 3 rings (SSSR count). The smallest absolute Gasteiger partial charge is 0.159 e. The Balaban J connectivity index is 1.95. The third kappa shape index (κ3) is 3.24. The van der Waals surface area contributed by atoms with Crippen molar-refractivity contribution in [2.75, 3.05) is 6.61 Å². The van der Waals surface area contributed by atoms with Crippen molar-refractivity contribution in [1.29, 1.82) is 0 Å². The second-order valence-corrected chi connectivity index (χ2v) is 6.21. The topological polar surface area (TPSA) is 22.1 Å². The van der Waals surface area contributed by atoms with E-state index in [-0.39, 0.29) is 0 Å². The van der Waals surface area contributed by atoms with Crippen LogP contribution >= 0.6 is 11.3 Å². The van der Waals surface area contributed by atoms with Crippen LogP contribution in [-0.2, 0) is 0 Å². The molecule has 118 valence electrons. The summed E-state index contributed by atoms with van der Waals surface area (Å²) in [5.74, 6) is -0.906. The number of rotatable bonds is 4. The summed E-state index contributed by atoms with van der Waals surface area (Å²) in [6, 6.07) is 11.5. The van der Waals surface area contributed by atoms with Crippen molar-refractivity contribution in [3.05, 3.63) is 59.0 Å². The van der Waals surface area contributed by atoms with Crippen LogP contribution in [0, 0.1) is 18.6 Å². The molecule has 1 heterocycles. The number of benzene rings is 2. The second kappa shape index (κ2) is 6.46. The summed E-state index contributed by atoms with van der Waals surface area (Å²) in [4.78, 5) is 5.54. The Labute approximate surface area is 137 Å². The number of thiazole rings is 1. The second-order valence-electron chi connectivity index (χ2n) is 5.01. The van der Waals surface area contributed by atoms with E-state index < -0.39 is 11.6 Å². The van der Waals surface area contributed by atoms with Gasteiger partial charge in [-0.25, -0.2) is 13.8 Å². The molecule has 0 aliphatic rings. The lowest BCUT2D eigenvalue weighted by Crippen LogP contribution is -1.90. The molecular weight excluding hydrogens is 316 g/mol. The number of nitrogens with zero attached hydrogens (tertiary/aromatic N) is 1. The molecule has 0 fully saturated rings. The molecule has 0 saturated heterocycles. The van der Waals surface area contributed by atoms with E-state index in [0.717, 1.165) is 27.3 Å². The van der Waals surface area contributed by atoms with Gasteiger partial charge < -0.3 is 4.74 Å². The van der Waals surface area contributed by atoms with Gasteiger partial charge >= 0.3 is 0 Å². The summed E-state index contributed by atoms with van der Waals surface area (Å²) in [5, 5.41) is 0.838. The van der Waals surface area contributed by atoms with Gasteiger partial charge in [-0.1, -0.05) is 0 Å². The van der Waals surface area contributed by atoms with E-state index in [1.54, 1.807) is 6.07 Å². The highest BCUT2D eigenvalue weighted by Crippen LogP contribution is 2.34. The molecular formula is C18H15F2NOS. The maximum absolute atomic E-state index is 13.4. The van der Waals surface area contributed by atoms with Gasteiger partial charge in [-0.2, -0.15) is 0 Å². The van der Waals surface area contributed by atoms with E-state index in [0.29, 0.717) is 17.9 Å². The standard InChI is InChI=1S/C18H15F2NOS/c1-3-22-14-7-4-12(5-8-14)18-21-17(11(2)23-18)13-6-9-15(19)16(20)10-13/h4-10H,3H2,1-2H3. The molecule has 5 heteroatoms. The van der Waals surface area contributed by atoms with Crippen molar-refractivity contribution in [3.8, 4) is 27.6 Å². The van der Waals surface area contributed by atoms with E-state index in [9.17, 15) is 8.78 Å². The van der Waals surface area contributed by atoms with Gasteiger partial charge in [0.1, 0.15) is 10.8 Å². The molecule has 0 N–H and O–H groups in total. The van der Waals surface area contributed by atoms with Gasteiger partial charge in [-0.3, -0.25) is 0 Å². The van der Waals surface area contributed by atoms with Crippen molar-refractivity contribution < 1.29 is 13.5 Å². The van der Waals surface area contributed by atoms with Crippen LogP contribution in [0.25, 0.3) is 21.8 Å². The molecule has 0 unspecified atom stereocenters. The van der Waals surface area contributed by atoms with Gasteiger partial charge in [-0.05, 0) is 56.3 Å². The summed E-state index contributed by atoms with van der Waals surface area (Å²) >= 11 is 1.52. The zero-order valence-corrected chi connectivity index (χ0v) is 13.6. The fourth-order valence-corrected chi connectivity index (χ4v) is 3.23. The highest BCUT2D eigenvalue weighted by atomic mass is 32.1. The molecule has 1 aromatic heterocycles. The predicted octanol–water partition coefficient (Wildman–Crippen LogP) is 5.46. The van der Waals surface area contributed by atoms with E-state index >= 15 is 0 Å². The highest BCUT2D eigenvalue weighted by molar-refractivity contribution is 7.15. The number of hydrogen-bond donors (Lipinski definition) is 0. The van der Waals surface area contributed by atoms with Crippen molar-refractivity contribution in [2.24, 2.45) is 0 Å². The fourth-order valence-electron chi connectivity index (χ4n) is 2.29. The van der Waals surface area contributed by atoms with Crippen LogP contribution in [0.5, 0.6) is 5.75 Å². The van der Waals surface area contributed by atoms with Gasteiger partial charge in [-0.15, -0.1) is 11.3 Å². The number of aromatic nitrogens is 1.